The number of carboxylic acid groups (broad SMARTS) is 1. The van der Waals surface area contributed by atoms with Gasteiger partial charge in [-0.3, -0.25) is 4.79 Å². The van der Waals surface area contributed by atoms with Gasteiger partial charge in [0.05, 0.1) is 13.2 Å². The van der Waals surface area contributed by atoms with Crippen molar-refractivity contribution in [3.63, 3.8) is 0 Å². The molecule has 0 aliphatic rings. The standard InChI is InChI=1S/C10H11N3O4/c1-17-7-4-2-6(3-5-7)9(14)8(10(15)16)12-13-11/h2-5,8-9,14H,1H3,(H,15,16). The summed E-state index contributed by atoms with van der Waals surface area (Å²) in [7, 11) is 1.49. The summed E-state index contributed by atoms with van der Waals surface area (Å²) >= 11 is 0. The zero-order valence-corrected chi connectivity index (χ0v) is 9.02. The second-order valence-electron chi connectivity index (χ2n) is 3.21. The number of carboxylic acids is 1. The van der Waals surface area contributed by atoms with Crippen molar-refractivity contribution in [3.05, 3.63) is 40.3 Å². The van der Waals surface area contributed by atoms with Gasteiger partial charge >= 0.3 is 5.97 Å². The number of methoxy groups -OCH3 is 1. The first-order valence-corrected chi connectivity index (χ1v) is 4.69. The number of hydrogen-bond donors (Lipinski definition) is 2. The Morgan fingerprint density at radius 1 is 1.47 bits per heavy atom. The molecule has 0 saturated heterocycles. The maximum Gasteiger partial charge on any atom is 0.315 e. The van der Waals surface area contributed by atoms with Gasteiger partial charge in [0.1, 0.15) is 5.75 Å². The second kappa shape index (κ2) is 5.74. The number of nitrogens with zero attached hydrogens (tertiary/aromatic N) is 3. The summed E-state index contributed by atoms with van der Waals surface area (Å²) in [5, 5.41) is 21.6. The molecule has 0 saturated carbocycles. The topological polar surface area (TPSA) is 116 Å². The summed E-state index contributed by atoms with van der Waals surface area (Å²) in [6, 6.07) is 4.62. The van der Waals surface area contributed by atoms with Crippen LogP contribution < -0.4 is 4.74 Å². The lowest BCUT2D eigenvalue weighted by Crippen LogP contribution is -2.25. The van der Waals surface area contributed by atoms with E-state index in [1.165, 1.54) is 19.2 Å². The number of aliphatic carboxylic acids is 1. The number of hydrogen-bond acceptors (Lipinski definition) is 4. The molecule has 1 aromatic rings. The number of carbonyl (C=O) groups is 1. The number of aliphatic hydroxyl groups excluding tert-OH is 1. The minimum absolute atomic E-state index is 0.339. The monoisotopic (exact) mass is 237 g/mol. The fraction of sp³-hybridized carbons (Fsp3) is 0.300. The minimum atomic E-state index is -1.55. The van der Waals surface area contributed by atoms with E-state index in [-0.39, 0.29) is 0 Å². The molecule has 2 N–H and O–H groups in total. The molecular weight excluding hydrogens is 226 g/mol. The van der Waals surface area contributed by atoms with Crippen LogP contribution in [0.25, 0.3) is 10.4 Å². The van der Waals surface area contributed by atoms with Gasteiger partial charge in [-0.2, -0.15) is 0 Å². The number of rotatable bonds is 5. The van der Waals surface area contributed by atoms with Crippen LogP contribution in [0.5, 0.6) is 5.75 Å². The van der Waals surface area contributed by atoms with E-state index in [9.17, 15) is 9.90 Å². The predicted molar refractivity (Wildman–Crippen MR) is 58.5 cm³/mol. The van der Waals surface area contributed by atoms with E-state index in [0.717, 1.165) is 0 Å². The third kappa shape index (κ3) is 3.10. The lowest BCUT2D eigenvalue weighted by atomic mass is 10.0. The Balaban J connectivity index is 2.96. The zero-order chi connectivity index (χ0) is 12.8. The Hall–Kier alpha value is -2.24. The summed E-state index contributed by atoms with van der Waals surface area (Å²) in [6.07, 6.45) is -1.39. The summed E-state index contributed by atoms with van der Waals surface area (Å²) in [5.41, 5.74) is 8.57. The molecule has 0 aliphatic heterocycles. The quantitative estimate of drug-likeness (QED) is 0.458. The number of azide groups is 1. The van der Waals surface area contributed by atoms with Gasteiger partial charge in [-0.25, -0.2) is 0 Å². The van der Waals surface area contributed by atoms with E-state index in [2.05, 4.69) is 10.0 Å². The highest BCUT2D eigenvalue weighted by molar-refractivity contribution is 5.74. The number of benzene rings is 1. The maximum absolute atomic E-state index is 10.8. The smallest absolute Gasteiger partial charge is 0.315 e. The van der Waals surface area contributed by atoms with Gasteiger partial charge in [-0.15, -0.1) is 0 Å². The Labute approximate surface area is 96.9 Å². The Bertz CT molecular complexity index is 437. The molecule has 17 heavy (non-hydrogen) atoms. The van der Waals surface area contributed by atoms with Gasteiger partial charge in [0.25, 0.3) is 0 Å². The molecule has 0 heterocycles. The van der Waals surface area contributed by atoms with Crippen molar-refractivity contribution in [2.45, 2.75) is 12.1 Å². The van der Waals surface area contributed by atoms with Crippen molar-refractivity contribution in [1.29, 1.82) is 0 Å². The molecule has 1 rings (SSSR count). The Morgan fingerprint density at radius 2 is 2.06 bits per heavy atom. The molecule has 1 aromatic carbocycles. The average Bonchev–Trinajstić information content (AvgIpc) is 2.35. The molecule has 7 heteroatoms. The van der Waals surface area contributed by atoms with E-state index >= 15 is 0 Å². The van der Waals surface area contributed by atoms with Crippen molar-refractivity contribution in [1.82, 2.24) is 0 Å². The highest BCUT2D eigenvalue weighted by atomic mass is 16.5. The molecule has 2 atom stereocenters. The van der Waals surface area contributed by atoms with Gasteiger partial charge in [-0.1, -0.05) is 17.2 Å². The van der Waals surface area contributed by atoms with E-state index < -0.39 is 18.1 Å². The summed E-state index contributed by atoms with van der Waals surface area (Å²) < 4.78 is 4.92. The van der Waals surface area contributed by atoms with Crippen molar-refractivity contribution in [2.24, 2.45) is 5.11 Å². The van der Waals surface area contributed by atoms with Crippen LogP contribution >= 0.6 is 0 Å². The van der Waals surface area contributed by atoms with Crippen LogP contribution in [0.1, 0.15) is 11.7 Å². The molecule has 0 fully saturated rings. The van der Waals surface area contributed by atoms with Crippen molar-refractivity contribution in [2.75, 3.05) is 7.11 Å². The van der Waals surface area contributed by atoms with Crippen LogP contribution in [-0.2, 0) is 4.79 Å². The first-order valence-electron chi connectivity index (χ1n) is 4.69. The van der Waals surface area contributed by atoms with Crippen LogP contribution in [0.4, 0.5) is 0 Å². The van der Waals surface area contributed by atoms with Crippen LogP contribution in [0, 0.1) is 0 Å². The second-order valence-corrected chi connectivity index (χ2v) is 3.21. The van der Waals surface area contributed by atoms with Crippen LogP contribution in [-0.4, -0.2) is 29.3 Å². The largest absolute Gasteiger partial charge is 0.497 e. The van der Waals surface area contributed by atoms with E-state index in [1.54, 1.807) is 12.1 Å². The van der Waals surface area contributed by atoms with Gasteiger partial charge < -0.3 is 14.9 Å². The summed E-state index contributed by atoms with van der Waals surface area (Å²) in [5.74, 6) is -0.803. The maximum atomic E-state index is 10.8. The molecule has 0 spiro atoms. The Morgan fingerprint density at radius 3 is 2.47 bits per heavy atom. The molecule has 90 valence electrons. The van der Waals surface area contributed by atoms with Crippen LogP contribution in [0.2, 0.25) is 0 Å². The van der Waals surface area contributed by atoms with Crippen molar-refractivity contribution < 1.29 is 19.7 Å². The van der Waals surface area contributed by atoms with Crippen molar-refractivity contribution >= 4 is 5.97 Å². The fourth-order valence-corrected chi connectivity index (χ4v) is 1.29. The predicted octanol–water partition coefficient (Wildman–Crippen LogP) is 1.49. The van der Waals surface area contributed by atoms with E-state index in [0.29, 0.717) is 11.3 Å². The Kier molecular flexibility index (Phi) is 4.33. The first-order chi connectivity index (χ1) is 8.10. The molecule has 0 aromatic heterocycles. The highest BCUT2D eigenvalue weighted by Crippen LogP contribution is 2.22. The lowest BCUT2D eigenvalue weighted by molar-refractivity contribution is -0.141. The first kappa shape index (κ1) is 12.8. The van der Waals surface area contributed by atoms with Gasteiger partial charge in [0.15, 0.2) is 6.04 Å². The van der Waals surface area contributed by atoms with Crippen LogP contribution in [0.3, 0.4) is 0 Å². The van der Waals surface area contributed by atoms with Gasteiger partial charge in [-0.05, 0) is 23.2 Å². The third-order valence-corrected chi connectivity index (χ3v) is 2.19. The molecule has 0 amide bonds. The van der Waals surface area contributed by atoms with Crippen molar-refractivity contribution in [3.8, 4) is 5.75 Å². The third-order valence-electron chi connectivity index (χ3n) is 2.19. The highest BCUT2D eigenvalue weighted by Gasteiger charge is 2.26. The summed E-state index contributed by atoms with van der Waals surface area (Å²) in [6.45, 7) is 0. The average molecular weight is 237 g/mol. The van der Waals surface area contributed by atoms with E-state index in [4.69, 9.17) is 15.4 Å². The fourth-order valence-electron chi connectivity index (χ4n) is 1.29. The van der Waals surface area contributed by atoms with E-state index in [1.807, 2.05) is 0 Å². The molecule has 7 nitrogen and oxygen atoms in total. The normalized spacial score (nSPS) is 13.3. The SMILES string of the molecule is COc1ccc(C(O)C(N=[N+]=[N-])C(=O)O)cc1. The molecule has 0 radical (unpaired) electrons. The number of ether oxygens (including phenoxy) is 1. The van der Waals surface area contributed by atoms with Crippen LogP contribution in [0.15, 0.2) is 29.4 Å². The minimum Gasteiger partial charge on any atom is -0.497 e. The molecule has 0 aliphatic carbocycles. The van der Waals surface area contributed by atoms with Gasteiger partial charge in [0.2, 0.25) is 0 Å². The molecular formula is C10H11N3O4. The van der Waals surface area contributed by atoms with Gasteiger partial charge in [0, 0.05) is 4.91 Å². The zero-order valence-electron chi connectivity index (χ0n) is 9.02. The number of aliphatic hydroxyl groups is 1. The summed E-state index contributed by atoms with van der Waals surface area (Å²) in [4.78, 5) is 13.2. The molecule has 0 bridgehead atoms. The molecule has 2 unspecified atom stereocenters. The lowest BCUT2D eigenvalue weighted by Gasteiger charge is -2.15.